The summed E-state index contributed by atoms with van der Waals surface area (Å²) in [4.78, 5) is 34.3. The Morgan fingerprint density at radius 3 is 2.62 bits per heavy atom. The molecular formula is C31H41N5O5S. The molecule has 226 valence electrons. The van der Waals surface area contributed by atoms with Gasteiger partial charge in [0.15, 0.2) is 5.76 Å². The topological polar surface area (TPSA) is 130 Å². The number of piperidine rings is 1. The molecule has 0 radical (unpaired) electrons. The molecular weight excluding hydrogens is 554 g/mol. The molecule has 0 spiro atoms. The zero-order chi connectivity index (χ0) is 29.8. The number of rotatable bonds is 10. The number of aliphatic hydroxyl groups excluding tert-OH is 1. The number of aromatic nitrogens is 2. The minimum absolute atomic E-state index is 0.0879. The van der Waals surface area contributed by atoms with Crippen LogP contribution < -0.4 is 15.4 Å². The van der Waals surface area contributed by atoms with Crippen LogP contribution in [0.1, 0.15) is 69.0 Å². The zero-order valence-corrected chi connectivity index (χ0v) is 25.5. The van der Waals surface area contributed by atoms with Gasteiger partial charge in [0.2, 0.25) is 11.8 Å². The van der Waals surface area contributed by atoms with Crippen molar-refractivity contribution in [1.82, 2.24) is 25.7 Å². The van der Waals surface area contributed by atoms with E-state index in [1.54, 1.807) is 17.4 Å². The van der Waals surface area contributed by atoms with Crippen molar-refractivity contribution in [1.29, 1.82) is 0 Å². The molecule has 3 aromatic rings. The lowest BCUT2D eigenvalue weighted by Gasteiger charge is -2.29. The molecule has 2 aromatic heterocycles. The first-order valence-corrected chi connectivity index (χ1v) is 15.7. The lowest BCUT2D eigenvalue weighted by atomic mass is 9.91. The Hall–Kier alpha value is -3.28. The van der Waals surface area contributed by atoms with E-state index in [0.29, 0.717) is 24.2 Å². The van der Waals surface area contributed by atoms with Crippen LogP contribution in [0, 0.1) is 18.8 Å². The van der Waals surface area contributed by atoms with Crippen LogP contribution in [-0.2, 0) is 9.59 Å². The van der Waals surface area contributed by atoms with E-state index in [-0.39, 0.29) is 36.7 Å². The normalized spacial score (nSPS) is 21.0. The molecule has 2 amide bonds. The van der Waals surface area contributed by atoms with Crippen molar-refractivity contribution in [3.05, 3.63) is 52.9 Å². The number of aryl methyl sites for hydroxylation is 1. The van der Waals surface area contributed by atoms with Crippen LogP contribution in [0.25, 0.3) is 10.4 Å². The summed E-state index contributed by atoms with van der Waals surface area (Å²) in [7, 11) is 0. The van der Waals surface area contributed by atoms with Crippen LogP contribution in [0.2, 0.25) is 0 Å². The molecule has 10 nitrogen and oxygen atoms in total. The maximum absolute atomic E-state index is 13.9. The van der Waals surface area contributed by atoms with E-state index >= 15 is 0 Å². The summed E-state index contributed by atoms with van der Waals surface area (Å²) in [5.41, 5.74) is 4.86. The lowest BCUT2D eigenvalue weighted by Crippen LogP contribution is -2.48. The maximum Gasteiger partial charge on any atom is 0.254 e. The van der Waals surface area contributed by atoms with E-state index in [1.165, 1.54) is 4.90 Å². The van der Waals surface area contributed by atoms with Crippen LogP contribution in [0.3, 0.4) is 0 Å². The highest BCUT2D eigenvalue weighted by Gasteiger charge is 2.43. The number of hydrogen-bond acceptors (Lipinski definition) is 9. The average molecular weight is 596 g/mol. The third-order valence-corrected chi connectivity index (χ3v) is 9.29. The highest BCUT2D eigenvalue weighted by Crippen LogP contribution is 2.33. The van der Waals surface area contributed by atoms with E-state index in [2.05, 4.69) is 20.8 Å². The second-order valence-corrected chi connectivity index (χ2v) is 12.7. The van der Waals surface area contributed by atoms with Crippen LogP contribution in [0.4, 0.5) is 0 Å². The number of β-amino-alcohol motifs (C(OH)–C–C–N with tert-alkyl or cyclic N) is 1. The fourth-order valence-corrected chi connectivity index (χ4v) is 6.66. The minimum atomic E-state index is -0.784. The molecule has 11 heteroatoms. The second-order valence-electron chi connectivity index (χ2n) is 11.8. The summed E-state index contributed by atoms with van der Waals surface area (Å²) in [6.45, 7) is 10.4. The standard InChI is InChI=1S/C31H41N5O5S/c1-18(2)28(26-14-27(35-41-26)40-16-21-9-11-32-12-10-21)31(39)36-15-24(37)13-25(36)30(38)34-19(3)22-5-7-23(8-6-22)29-20(4)33-17-42-29/h5-8,14,17-19,21,24-25,28,32,37H,9-13,15-16H2,1-4H3,(H,34,38)/t19-,24+,25-,28-/m0/s1. The SMILES string of the molecule is Cc1ncsc1-c1ccc([C@H](C)NC(=O)[C@@H]2C[C@@H](O)CN2C(=O)[C@H](c2cc(OCC3CCNCC3)no2)C(C)C)cc1. The third-order valence-electron chi connectivity index (χ3n) is 8.31. The van der Waals surface area contributed by atoms with Crippen LogP contribution >= 0.6 is 11.3 Å². The first-order chi connectivity index (χ1) is 20.2. The summed E-state index contributed by atoms with van der Waals surface area (Å²) in [6, 6.07) is 8.67. The van der Waals surface area contributed by atoms with Gasteiger partial charge in [-0.05, 0) is 67.9 Å². The number of carbonyl (C=O) groups excluding carboxylic acids is 2. The van der Waals surface area contributed by atoms with Gasteiger partial charge in [0.25, 0.3) is 5.88 Å². The first-order valence-electron chi connectivity index (χ1n) is 14.8. The Morgan fingerprint density at radius 2 is 1.95 bits per heavy atom. The zero-order valence-electron chi connectivity index (χ0n) is 24.7. The third kappa shape index (κ3) is 6.85. The number of aliphatic hydroxyl groups is 1. The molecule has 2 fully saturated rings. The number of thiazole rings is 1. The van der Waals surface area contributed by atoms with E-state index in [4.69, 9.17) is 9.26 Å². The van der Waals surface area contributed by atoms with Gasteiger partial charge in [0, 0.05) is 19.0 Å². The summed E-state index contributed by atoms with van der Waals surface area (Å²) in [5, 5.41) is 21.0. The highest BCUT2D eigenvalue weighted by atomic mass is 32.1. The van der Waals surface area contributed by atoms with Crippen LogP contribution in [0.5, 0.6) is 5.88 Å². The summed E-state index contributed by atoms with van der Waals surface area (Å²) in [6.07, 6.45) is 1.50. The Bertz CT molecular complexity index is 1350. The number of nitrogens with one attached hydrogen (secondary N) is 2. The monoisotopic (exact) mass is 595 g/mol. The first kappa shape index (κ1) is 30.2. The number of benzene rings is 1. The van der Waals surface area contributed by atoms with Crippen molar-refractivity contribution >= 4 is 23.2 Å². The van der Waals surface area contributed by atoms with Crippen molar-refractivity contribution in [3.8, 4) is 16.3 Å². The van der Waals surface area contributed by atoms with Gasteiger partial charge in [-0.15, -0.1) is 11.3 Å². The van der Waals surface area contributed by atoms with E-state index in [1.807, 2.05) is 57.5 Å². The molecule has 4 atom stereocenters. The molecule has 1 aromatic carbocycles. The number of ether oxygens (including phenoxy) is 1. The van der Waals surface area contributed by atoms with Crippen molar-refractivity contribution in [2.24, 2.45) is 11.8 Å². The Balaban J connectivity index is 1.24. The molecule has 42 heavy (non-hydrogen) atoms. The molecule has 2 saturated heterocycles. The van der Waals surface area contributed by atoms with Crippen molar-refractivity contribution in [2.45, 2.75) is 71.1 Å². The molecule has 0 bridgehead atoms. The highest BCUT2D eigenvalue weighted by molar-refractivity contribution is 7.13. The summed E-state index contributed by atoms with van der Waals surface area (Å²) in [5.74, 6) is -0.107. The van der Waals surface area contributed by atoms with Gasteiger partial charge in [-0.3, -0.25) is 9.59 Å². The van der Waals surface area contributed by atoms with E-state index in [9.17, 15) is 14.7 Å². The molecule has 5 rings (SSSR count). The quantitative estimate of drug-likeness (QED) is 0.320. The smallest absolute Gasteiger partial charge is 0.254 e. The van der Waals surface area contributed by atoms with E-state index < -0.39 is 18.1 Å². The second kappa shape index (κ2) is 13.4. The van der Waals surface area contributed by atoms with Gasteiger partial charge in [-0.25, -0.2) is 4.98 Å². The minimum Gasteiger partial charge on any atom is -0.475 e. The number of hydrogen-bond donors (Lipinski definition) is 3. The molecule has 0 unspecified atom stereocenters. The van der Waals surface area contributed by atoms with Gasteiger partial charge >= 0.3 is 0 Å². The Labute approximate surface area is 250 Å². The molecule has 2 aliphatic heterocycles. The van der Waals surface area contributed by atoms with E-state index in [0.717, 1.165) is 47.6 Å². The molecule has 0 aliphatic carbocycles. The number of amides is 2. The average Bonchev–Trinajstić information content (AvgIpc) is 3.72. The van der Waals surface area contributed by atoms with Crippen molar-refractivity contribution in [2.75, 3.05) is 26.2 Å². The van der Waals surface area contributed by atoms with Gasteiger partial charge in [-0.2, -0.15) is 0 Å². The van der Waals surface area contributed by atoms with Gasteiger partial charge in [-0.1, -0.05) is 38.1 Å². The Kier molecular flexibility index (Phi) is 9.60. The van der Waals surface area contributed by atoms with Gasteiger partial charge in [0.05, 0.1) is 34.8 Å². The summed E-state index contributed by atoms with van der Waals surface area (Å²) >= 11 is 1.60. The maximum atomic E-state index is 13.9. The number of carbonyl (C=O) groups is 2. The van der Waals surface area contributed by atoms with Crippen LogP contribution in [-0.4, -0.2) is 70.3 Å². The van der Waals surface area contributed by atoms with Crippen molar-refractivity contribution < 1.29 is 24.0 Å². The molecule has 2 aliphatic rings. The molecule has 3 N–H and O–H groups in total. The molecule has 4 heterocycles. The van der Waals surface area contributed by atoms with Crippen LogP contribution in [0.15, 0.2) is 40.4 Å². The van der Waals surface area contributed by atoms with Crippen molar-refractivity contribution in [3.63, 3.8) is 0 Å². The fourth-order valence-electron chi connectivity index (χ4n) is 5.85. The Morgan fingerprint density at radius 1 is 1.21 bits per heavy atom. The lowest BCUT2D eigenvalue weighted by molar-refractivity contribution is -0.141. The predicted molar refractivity (Wildman–Crippen MR) is 160 cm³/mol. The van der Waals surface area contributed by atoms with Gasteiger partial charge in [0.1, 0.15) is 12.0 Å². The van der Waals surface area contributed by atoms with Gasteiger partial charge < -0.3 is 29.9 Å². The summed E-state index contributed by atoms with van der Waals surface area (Å²) < 4.78 is 11.5. The number of nitrogens with zero attached hydrogens (tertiary/aromatic N) is 3. The number of likely N-dealkylation sites (tertiary alicyclic amines) is 1. The molecule has 0 saturated carbocycles. The fraction of sp³-hybridized carbons (Fsp3) is 0.548. The predicted octanol–water partition coefficient (Wildman–Crippen LogP) is 4.06. The largest absolute Gasteiger partial charge is 0.475 e.